The quantitative estimate of drug-likeness (QED) is 0.598. The van der Waals surface area contributed by atoms with Crippen LogP contribution in [0, 0.1) is 0 Å². The van der Waals surface area contributed by atoms with Gasteiger partial charge in [-0.2, -0.15) is 0 Å². The Kier molecular flexibility index (Phi) is 5.38. The number of nitrogens with two attached hydrogens (primary N) is 1. The summed E-state index contributed by atoms with van der Waals surface area (Å²) in [6, 6.07) is 7.61. The third kappa shape index (κ3) is 3.49. The molecule has 20 heavy (non-hydrogen) atoms. The van der Waals surface area contributed by atoms with Gasteiger partial charge in [0.25, 0.3) is 0 Å². The summed E-state index contributed by atoms with van der Waals surface area (Å²) in [6.07, 6.45) is 2.19. The van der Waals surface area contributed by atoms with Gasteiger partial charge in [0.2, 0.25) is 5.76 Å². The van der Waals surface area contributed by atoms with Gasteiger partial charge in [-0.15, -0.1) is 0 Å². The summed E-state index contributed by atoms with van der Waals surface area (Å²) in [4.78, 5) is 0.197. The lowest BCUT2D eigenvalue weighted by Crippen LogP contribution is -2.12. The molecule has 0 aliphatic heterocycles. The lowest BCUT2D eigenvalue weighted by molar-refractivity contribution is 0.0982. The van der Waals surface area contributed by atoms with E-state index in [0.29, 0.717) is 24.7 Å². The molecule has 1 aromatic carbocycles. The highest BCUT2D eigenvalue weighted by molar-refractivity contribution is 7.80. The predicted octanol–water partition coefficient (Wildman–Crippen LogP) is 3.26. The Morgan fingerprint density at radius 1 is 1.25 bits per heavy atom. The van der Waals surface area contributed by atoms with Gasteiger partial charge >= 0.3 is 0 Å². The van der Waals surface area contributed by atoms with E-state index < -0.39 is 0 Å². The number of benzene rings is 1. The lowest BCUT2D eigenvalue weighted by Gasteiger charge is -2.07. The molecule has 2 N–H and O–H groups in total. The number of unbranched alkanes of at least 4 members (excludes halogenated alkanes) is 1. The number of hydrogen-bond acceptors (Lipinski definition) is 4. The van der Waals surface area contributed by atoms with E-state index >= 15 is 0 Å². The molecule has 108 valence electrons. The molecule has 0 saturated carbocycles. The van der Waals surface area contributed by atoms with Crippen LogP contribution < -0.4 is 10.5 Å². The molecule has 0 atom stereocenters. The van der Waals surface area contributed by atoms with Crippen LogP contribution >= 0.6 is 12.2 Å². The fraction of sp³-hybridized carbons (Fsp3) is 0.400. The number of hydrogen-bond donors (Lipinski definition) is 1. The van der Waals surface area contributed by atoms with E-state index in [9.17, 15) is 0 Å². The highest BCUT2D eigenvalue weighted by Gasteiger charge is 2.17. The van der Waals surface area contributed by atoms with Crippen LogP contribution in [0.25, 0.3) is 11.0 Å². The number of fused-ring (bicyclic) bond motifs is 1. The second-order valence-electron chi connectivity index (χ2n) is 4.44. The minimum absolute atomic E-state index is 0.197. The Morgan fingerprint density at radius 3 is 2.80 bits per heavy atom. The minimum Gasteiger partial charge on any atom is -0.486 e. The summed E-state index contributed by atoms with van der Waals surface area (Å²) in [5.74, 6) is 1.03. The van der Waals surface area contributed by atoms with Crippen LogP contribution in [0.5, 0.6) is 5.75 Å². The maximum absolute atomic E-state index is 5.75. The first kappa shape index (κ1) is 14.8. The first-order valence-electron chi connectivity index (χ1n) is 6.76. The molecule has 2 aromatic rings. The molecular formula is C15H19NO3S. The number of furan rings is 1. The van der Waals surface area contributed by atoms with E-state index in [1.807, 2.05) is 24.3 Å². The van der Waals surface area contributed by atoms with Crippen molar-refractivity contribution in [2.24, 2.45) is 5.73 Å². The van der Waals surface area contributed by atoms with E-state index in [-0.39, 0.29) is 4.99 Å². The van der Waals surface area contributed by atoms with E-state index in [4.69, 9.17) is 31.8 Å². The van der Waals surface area contributed by atoms with Gasteiger partial charge in [-0.3, -0.25) is 0 Å². The van der Waals surface area contributed by atoms with Crippen molar-refractivity contribution in [1.29, 1.82) is 0 Å². The van der Waals surface area contributed by atoms with E-state index in [2.05, 4.69) is 6.92 Å². The molecule has 0 radical (unpaired) electrons. The molecule has 0 amide bonds. The van der Waals surface area contributed by atoms with Crippen LogP contribution in [-0.4, -0.2) is 24.8 Å². The molecule has 5 heteroatoms. The monoisotopic (exact) mass is 293 g/mol. The Morgan fingerprint density at radius 2 is 2.05 bits per heavy atom. The molecule has 0 saturated heterocycles. The highest BCUT2D eigenvalue weighted by atomic mass is 32.1. The fourth-order valence-corrected chi connectivity index (χ4v) is 2.01. The summed E-state index contributed by atoms with van der Waals surface area (Å²) in [5.41, 5.74) is 6.39. The lowest BCUT2D eigenvalue weighted by atomic mass is 10.2. The molecule has 0 unspecified atom stereocenters. The number of ether oxygens (including phenoxy) is 2. The van der Waals surface area contributed by atoms with E-state index in [1.54, 1.807) is 0 Å². The maximum atomic E-state index is 5.75. The molecule has 1 aromatic heterocycles. The molecule has 0 aliphatic carbocycles. The van der Waals surface area contributed by atoms with Crippen molar-refractivity contribution in [1.82, 2.24) is 0 Å². The van der Waals surface area contributed by atoms with Gasteiger partial charge in [-0.25, -0.2) is 0 Å². The van der Waals surface area contributed by atoms with Crippen molar-refractivity contribution in [2.45, 2.75) is 19.8 Å². The third-order valence-electron chi connectivity index (χ3n) is 2.89. The standard InChI is InChI=1S/C15H19NO3S/c1-2-3-8-17-9-10-18-13-11-6-4-5-7-12(11)19-14(13)15(16)20/h4-7H,2-3,8-10H2,1H3,(H2,16,20). The second-order valence-corrected chi connectivity index (χ2v) is 4.87. The van der Waals surface area contributed by atoms with E-state index in [1.165, 1.54) is 0 Å². The summed E-state index contributed by atoms with van der Waals surface area (Å²) in [6.45, 7) is 3.87. The zero-order valence-corrected chi connectivity index (χ0v) is 12.4. The van der Waals surface area contributed by atoms with Gasteiger partial charge in [-0.1, -0.05) is 37.7 Å². The Hall–Kier alpha value is -1.59. The first-order valence-corrected chi connectivity index (χ1v) is 7.16. The molecular weight excluding hydrogens is 274 g/mol. The van der Waals surface area contributed by atoms with Gasteiger partial charge in [0.15, 0.2) is 5.75 Å². The molecule has 0 aliphatic rings. The van der Waals surface area contributed by atoms with Crippen LogP contribution in [0.3, 0.4) is 0 Å². The summed E-state index contributed by atoms with van der Waals surface area (Å²) >= 11 is 5.00. The average molecular weight is 293 g/mol. The number of thiocarbonyl (C=S) groups is 1. The van der Waals surface area contributed by atoms with Gasteiger partial charge in [0.05, 0.1) is 12.0 Å². The normalized spacial score (nSPS) is 10.8. The predicted molar refractivity (Wildman–Crippen MR) is 83.3 cm³/mol. The van der Waals surface area contributed by atoms with Gasteiger partial charge in [0, 0.05) is 6.61 Å². The van der Waals surface area contributed by atoms with Crippen LogP contribution in [0.1, 0.15) is 25.5 Å². The van der Waals surface area contributed by atoms with Crippen LogP contribution in [0.15, 0.2) is 28.7 Å². The summed E-state index contributed by atoms with van der Waals surface area (Å²) in [5, 5.41) is 0.879. The fourth-order valence-electron chi connectivity index (χ4n) is 1.88. The van der Waals surface area contributed by atoms with Crippen LogP contribution in [-0.2, 0) is 4.74 Å². The van der Waals surface area contributed by atoms with Gasteiger partial charge < -0.3 is 19.6 Å². The SMILES string of the molecule is CCCCOCCOc1c(C(N)=S)oc2ccccc12. The Labute approximate surface area is 123 Å². The Bertz CT molecular complexity index is 580. The molecule has 0 spiro atoms. The van der Waals surface area contributed by atoms with Crippen molar-refractivity contribution in [3.8, 4) is 5.75 Å². The zero-order chi connectivity index (χ0) is 14.4. The maximum Gasteiger partial charge on any atom is 0.204 e. The molecule has 4 nitrogen and oxygen atoms in total. The molecule has 0 fully saturated rings. The largest absolute Gasteiger partial charge is 0.486 e. The zero-order valence-electron chi connectivity index (χ0n) is 11.6. The molecule has 2 rings (SSSR count). The number of rotatable bonds is 8. The smallest absolute Gasteiger partial charge is 0.204 e. The van der Waals surface area contributed by atoms with E-state index in [0.717, 1.165) is 30.4 Å². The highest BCUT2D eigenvalue weighted by Crippen LogP contribution is 2.32. The van der Waals surface area contributed by atoms with Crippen LogP contribution in [0.2, 0.25) is 0 Å². The summed E-state index contributed by atoms with van der Waals surface area (Å²) < 4.78 is 16.8. The van der Waals surface area contributed by atoms with Crippen molar-refractivity contribution in [2.75, 3.05) is 19.8 Å². The van der Waals surface area contributed by atoms with Crippen molar-refractivity contribution >= 4 is 28.2 Å². The van der Waals surface area contributed by atoms with Crippen molar-refractivity contribution < 1.29 is 13.9 Å². The first-order chi connectivity index (χ1) is 9.74. The topological polar surface area (TPSA) is 57.6 Å². The third-order valence-corrected chi connectivity index (χ3v) is 3.08. The van der Waals surface area contributed by atoms with Crippen LogP contribution in [0.4, 0.5) is 0 Å². The minimum atomic E-state index is 0.197. The van der Waals surface area contributed by atoms with Gasteiger partial charge in [0.1, 0.15) is 17.2 Å². The second kappa shape index (κ2) is 7.26. The van der Waals surface area contributed by atoms with Gasteiger partial charge in [-0.05, 0) is 18.6 Å². The molecule has 0 bridgehead atoms. The number of para-hydroxylation sites is 1. The summed E-state index contributed by atoms with van der Waals surface area (Å²) in [7, 11) is 0. The molecule has 1 heterocycles. The van der Waals surface area contributed by atoms with Crippen molar-refractivity contribution in [3.63, 3.8) is 0 Å². The van der Waals surface area contributed by atoms with Crippen molar-refractivity contribution in [3.05, 3.63) is 30.0 Å². The average Bonchev–Trinajstić information content (AvgIpc) is 2.82. The Balaban J connectivity index is 2.04.